The highest BCUT2D eigenvalue weighted by Crippen LogP contribution is 2.44. The molecule has 1 aliphatic heterocycles. The summed E-state index contributed by atoms with van der Waals surface area (Å²) >= 11 is 6.97. The van der Waals surface area contributed by atoms with Crippen LogP contribution in [0.3, 0.4) is 0 Å². The molecule has 1 heterocycles. The van der Waals surface area contributed by atoms with E-state index in [0.29, 0.717) is 5.21 Å². The summed E-state index contributed by atoms with van der Waals surface area (Å²) in [5.74, 6) is -0.602. The third kappa shape index (κ3) is 1.28. The van der Waals surface area contributed by atoms with E-state index in [-0.39, 0.29) is 17.7 Å². The predicted octanol–water partition coefficient (Wildman–Crippen LogP) is 1.28. The maximum absolute atomic E-state index is 11.7. The molecule has 2 aliphatic rings. The molecule has 2 amide bonds. The highest BCUT2D eigenvalue weighted by Gasteiger charge is 2.54. The Morgan fingerprint density at radius 2 is 2.43 bits per heavy atom. The van der Waals surface area contributed by atoms with Gasteiger partial charge in [0.25, 0.3) is 0 Å². The molecule has 1 fully saturated rings. The fraction of sp³-hybridized carbons (Fsp3) is 0.556. The summed E-state index contributed by atoms with van der Waals surface area (Å²) in [6.45, 7) is 0. The van der Waals surface area contributed by atoms with Gasteiger partial charge in [-0.05, 0) is 12.8 Å². The van der Waals surface area contributed by atoms with Gasteiger partial charge >= 0.3 is 0 Å². The average molecular weight is 232 g/mol. The van der Waals surface area contributed by atoms with Gasteiger partial charge in [-0.15, -0.1) is 23.4 Å². The van der Waals surface area contributed by atoms with Crippen molar-refractivity contribution in [3.8, 4) is 0 Å². The van der Waals surface area contributed by atoms with E-state index < -0.39 is 4.75 Å². The number of allylic oxidation sites excluding steroid dienone is 1. The standard InChI is InChI=1S/C9H10ClNO2S/c10-5-14-9-4-2-1-3-6(9)7(12)11-8(9)13/h2,4,6H,1,3,5H2,(H,11,12,13). The third-order valence-electron chi connectivity index (χ3n) is 2.71. The number of amides is 2. The Morgan fingerprint density at radius 3 is 3.14 bits per heavy atom. The molecule has 0 radical (unpaired) electrons. The molecular weight excluding hydrogens is 222 g/mol. The molecule has 1 aliphatic carbocycles. The first-order valence-electron chi connectivity index (χ1n) is 4.43. The molecule has 0 aromatic carbocycles. The van der Waals surface area contributed by atoms with Gasteiger partial charge in [0.2, 0.25) is 11.8 Å². The van der Waals surface area contributed by atoms with Crippen LogP contribution in [0.25, 0.3) is 0 Å². The topological polar surface area (TPSA) is 46.2 Å². The molecule has 0 aromatic rings. The maximum Gasteiger partial charge on any atom is 0.247 e. The summed E-state index contributed by atoms with van der Waals surface area (Å²) < 4.78 is -0.725. The molecule has 14 heavy (non-hydrogen) atoms. The van der Waals surface area contributed by atoms with Crippen molar-refractivity contribution in [2.75, 3.05) is 5.21 Å². The molecule has 0 spiro atoms. The second-order valence-electron chi connectivity index (χ2n) is 3.40. The number of imide groups is 1. The van der Waals surface area contributed by atoms with Crippen LogP contribution in [0.2, 0.25) is 0 Å². The number of thioether (sulfide) groups is 1. The summed E-state index contributed by atoms with van der Waals surface area (Å²) in [5.41, 5.74) is 0. The van der Waals surface area contributed by atoms with Crippen LogP contribution in [-0.2, 0) is 9.59 Å². The monoisotopic (exact) mass is 231 g/mol. The van der Waals surface area contributed by atoms with E-state index in [4.69, 9.17) is 11.6 Å². The molecule has 1 saturated heterocycles. The maximum atomic E-state index is 11.7. The van der Waals surface area contributed by atoms with Crippen molar-refractivity contribution in [2.45, 2.75) is 17.6 Å². The molecule has 0 bridgehead atoms. The second kappa shape index (κ2) is 3.59. The number of fused-ring (bicyclic) bond motifs is 1. The minimum atomic E-state index is -0.725. The molecular formula is C9H10ClNO2S. The Bertz CT molecular complexity index is 318. The van der Waals surface area contributed by atoms with E-state index in [9.17, 15) is 9.59 Å². The van der Waals surface area contributed by atoms with Crippen molar-refractivity contribution in [2.24, 2.45) is 5.92 Å². The summed E-state index contributed by atoms with van der Waals surface area (Å²) in [4.78, 5) is 23.1. The zero-order valence-corrected chi connectivity index (χ0v) is 9.03. The molecule has 0 aromatic heterocycles. The van der Waals surface area contributed by atoms with E-state index in [1.165, 1.54) is 11.8 Å². The van der Waals surface area contributed by atoms with Gasteiger partial charge in [0.05, 0.1) is 11.1 Å². The number of carbonyl (C=O) groups is 2. The lowest BCUT2D eigenvalue weighted by Gasteiger charge is -2.29. The lowest BCUT2D eigenvalue weighted by molar-refractivity contribution is -0.125. The van der Waals surface area contributed by atoms with Gasteiger partial charge in [-0.25, -0.2) is 0 Å². The number of carbonyl (C=O) groups excluding carboxylic acids is 2. The number of alkyl halides is 1. The quantitative estimate of drug-likeness (QED) is 0.442. The first kappa shape index (κ1) is 10.1. The molecule has 1 N–H and O–H groups in total. The highest BCUT2D eigenvalue weighted by molar-refractivity contribution is 8.02. The van der Waals surface area contributed by atoms with Crippen LogP contribution < -0.4 is 5.32 Å². The summed E-state index contributed by atoms with van der Waals surface area (Å²) in [5, 5.41) is 2.70. The van der Waals surface area contributed by atoms with Crippen molar-refractivity contribution < 1.29 is 9.59 Å². The first-order chi connectivity index (χ1) is 6.70. The Hall–Kier alpha value is -0.480. The Balaban J connectivity index is 2.39. The van der Waals surface area contributed by atoms with Crippen LogP contribution >= 0.6 is 23.4 Å². The SMILES string of the molecule is O=C1NC(=O)C2(SCCl)C=CCCC12. The molecule has 0 saturated carbocycles. The van der Waals surface area contributed by atoms with Gasteiger partial charge in [-0.2, -0.15) is 0 Å². The average Bonchev–Trinajstić information content (AvgIpc) is 2.41. The van der Waals surface area contributed by atoms with Gasteiger partial charge in [-0.1, -0.05) is 12.2 Å². The minimum Gasteiger partial charge on any atom is -0.295 e. The Labute approximate surface area is 91.3 Å². The van der Waals surface area contributed by atoms with E-state index >= 15 is 0 Å². The molecule has 5 heteroatoms. The zero-order valence-electron chi connectivity index (χ0n) is 7.46. The predicted molar refractivity (Wildman–Crippen MR) is 56.1 cm³/mol. The molecule has 3 nitrogen and oxygen atoms in total. The lowest BCUT2D eigenvalue weighted by Crippen LogP contribution is -2.38. The van der Waals surface area contributed by atoms with Gasteiger partial charge in [0, 0.05) is 0 Å². The van der Waals surface area contributed by atoms with Crippen LogP contribution in [0.4, 0.5) is 0 Å². The van der Waals surface area contributed by atoms with Crippen LogP contribution in [0.15, 0.2) is 12.2 Å². The number of hydrogen-bond acceptors (Lipinski definition) is 3. The van der Waals surface area contributed by atoms with E-state index in [2.05, 4.69) is 5.32 Å². The molecule has 76 valence electrons. The summed E-state index contributed by atoms with van der Waals surface area (Å²) in [7, 11) is 0. The van der Waals surface area contributed by atoms with Crippen molar-refractivity contribution >= 4 is 35.2 Å². The van der Waals surface area contributed by atoms with Crippen LogP contribution in [-0.4, -0.2) is 21.8 Å². The van der Waals surface area contributed by atoms with E-state index in [1.54, 1.807) is 0 Å². The van der Waals surface area contributed by atoms with Crippen LogP contribution in [0.1, 0.15) is 12.8 Å². The lowest BCUT2D eigenvalue weighted by atomic mass is 9.85. The normalized spacial score (nSPS) is 35.6. The first-order valence-corrected chi connectivity index (χ1v) is 5.95. The number of halogens is 1. The van der Waals surface area contributed by atoms with Gasteiger partial charge < -0.3 is 0 Å². The fourth-order valence-corrected chi connectivity index (χ4v) is 3.54. The molecule has 2 unspecified atom stereocenters. The van der Waals surface area contributed by atoms with Crippen LogP contribution in [0, 0.1) is 5.92 Å². The van der Waals surface area contributed by atoms with Crippen molar-refractivity contribution in [1.82, 2.24) is 5.32 Å². The van der Waals surface area contributed by atoms with E-state index in [0.717, 1.165) is 12.8 Å². The second-order valence-corrected chi connectivity index (χ2v) is 5.23. The largest absolute Gasteiger partial charge is 0.295 e. The highest BCUT2D eigenvalue weighted by atomic mass is 35.5. The minimum absolute atomic E-state index is 0.156. The van der Waals surface area contributed by atoms with Crippen molar-refractivity contribution in [3.05, 3.63) is 12.2 Å². The summed E-state index contributed by atoms with van der Waals surface area (Å²) in [6.07, 6.45) is 5.37. The Kier molecular flexibility index (Phi) is 2.58. The number of rotatable bonds is 2. The van der Waals surface area contributed by atoms with Crippen molar-refractivity contribution in [3.63, 3.8) is 0 Å². The molecule has 2 rings (SSSR count). The molecule has 2 atom stereocenters. The van der Waals surface area contributed by atoms with Crippen molar-refractivity contribution in [1.29, 1.82) is 0 Å². The Morgan fingerprint density at radius 1 is 1.64 bits per heavy atom. The zero-order chi connectivity index (χ0) is 10.2. The van der Waals surface area contributed by atoms with Crippen LogP contribution in [0.5, 0.6) is 0 Å². The smallest absolute Gasteiger partial charge is 0.247 e. The number of nitrogens with one attached hydrogen (secondary N) is 1. The van der Waals surface area contributed by atoms with E-state index in [1.807, 2.05) is 12.2 Å². The van der Waals surface area contributed by atoms with Gasteiger partial charge in [-0.3, -0.25) is 14.9 Å². The number of hydrogen-bond donors (Lipinski definition) is 1. The van der Waals surface area contributed by atoms with Gasteiger partial charge in [0.1, 0.15) is 4.75 Å². The van der Waals surface area contributed by atoms with Gasteiger partial charge in [0.15, 0.2) is 0 Å². The third-order valence-corrected chi connectivity index (χ3v) is 4.23. The fourth-order valence-electron chi connectivity index (χ4n) is 2.01. The summed E-state index contributed by atoms with van der Waals surface area (Å²) in [6, 6.07) is 0.